The van der Waals surface area contributed by atoms with E-state index in [1.54, 1.807) is 24.3 Å². The van der Waals surface area contributed by atoms with Crippen LogP contribution in [0.5, 0.6) is 0 Å². The van der Waals surface area contributed by atoms with Gasteiger partial charge in [0.2, 0.25) is 0 Å². The van der Waals surface area contributed by atoms with E-state index in [1.807, 2.05) is 0 Å². The predicted molar refractivity (Wildman–Crippen MR) is 76.8 cm³/mol. The fraction of sp³-hybridized carbons (Fsp3) is 0.0667. The number of carbonyl (C=O) groups is 2. The number of esters is 1. The standard InChI is InChI=1S/C15H13FN2O3/c1-21-14(19)10-4-2-6-12(8-10)17-15(20)18-13-7-3-5-11(16)9-13/h2-9H,1H3,(H2,17,18,20). The molecule has 0 unspecified atom stereocenters. The van der Waals surface area contributed by atoms with Gasteiger partial charge in [-0.15, -0.1) is 0 Å². The number of hydrogen-bond donors (Lipinski definition) is 2. The Balaban J connectivity index is 2.04. The number of carbonyl (C=O) groups excluding carboxylic acids is 2. The molecule has 2 N–H and O–H groups in total. The van der Waals surface area contributed by atoms with E-state index >= 15 is 0 Å². The average molecular weight is 288 g/mol. The van der Waals surface area contributed by atoms with Crippen molar-refractivity contribution in [1.82, 2.24) is 0 Å². The van der Waals surface area contributed by atoms with Crippen LogP contribution in [0.15, 0.2) is 48.5 Å². The first-order valence-corrected chi connectivity index (χ1v) is 6.10. The lowest BCUT2D eigenvalue weighted by molar-refractivity contribution is 0.0600. The maximum absolute atomic E-state index is 13.0. The normalized spacial score (nSPS) is 9.81. The number of halogens is 1. The quantitative estimate of drug-likeness (QED) is 0.852. The van der Waals surface area contributed by atoms with Crippen molar-refractivity contribution < 1.29 is 18.7 Å². The molecule has 0 saturated heterocycles. The molecule has 6 heteroatoms. The highest BCUT2D eigenvalue weighted by Crippen LogP contribution is 2.13. The molecule has 0 bridgehead atoms. The van der Waals surface area contributed by atoms with Gasteiger partial charge in [-0.2, -0.15) is 0 Å². The summed E-state index contributed by atoms with van der Waals surface area (Å²) < 4.78 is 17.6. The van der Waals surface area contributed by atoms with Crippen LogP contribution in [0.4, 0.5) is 20.6 Å². The second kappa shape index (κ2) is 6.51. The van der Waals surface area contributed by atoms with E-state index in [9.17, 15) is 14.0 Å². The van der Waals surface area contributed by atoms with Crippen LogP contribution in [0.3, 0.4) is 0 Å². The first-order valence-electron chi connectivity index (χ1n) is 6.10. The smallest absolute Gasteiger partial charge is 0.337 e. The highest BCUT2D eigenvalue weighted by molar-refractivity contribution is 6.00. The first-order chi connectivity index (χ1) is 10.1. The number of urea groups is 1. The van der Waals surface area contributed by atoms with E-state index in [0.717, 1.165) is 0 Å². The minimum Gasteiger partial charge on any atom is -0.465 e. The minimum atomic E-state index is -0.539. The van der Waals surface area contributed by atoms with Crippen molar-refractivity contribution in [2.24, 2.45) is 0 Å². The summed E-state index contributed by atoms with van der Waals surface area (Å²) in [5.74, 6) is -0.940. The molecule has 0 aliphatic carbocycles. The highest BCUT2D eigenvalue weighted by Gasteiger charge is 2.08. The number of methoxy groups -OCH3 is 1. The Labute approximate surface area is 120 Å². The number of amides is 2. The van der Waals surface area contributed by atoms with Gasteiger partial charge in [0.1, 0.15) is 5.82 Å². The van der Waals surface area contributed by atoms with E-state index in [0.29, 0.717) is 16.9 Å². The van der Waals surface area contributed by atoms with Gasteiger partial charge in [0.25, 0.3) is 0 Å². The van der Waals surface area contributed by atoms with E-state index in [1.165, 1.54) is 31.4 Å². The molecule has 0 fully saturated rings. The van der Waals surface area contributed by atoms with Crippen LogP contribution < -0.4 is 10.6 Å². The first kappa shape index (κ1) is 14.5. The third kappa shape index (κ3) is 4.04. The molecule has 2 aromatic rings. The fourth-order valence-electron chi connectivity index (χ4n) is 1.70. The number of rotatable bonds is 3. The van der Waals surface area contributed by atoms with Gasteiger partial charge in [-0.25, -0.2) is 14.0 Å². The molecule has 5 nitrogen and oxygen atoms in total. The van der Waals surface area contributed by atoms with Gasteiger partial charge in [0.05, 0.1) is 12.7 Å². The molecule has 0 atom stereocenters. The summed E-state index contributed by atoms with van der Waals surface area (Å²) in [5, 5.41) is 5.04. The molecule has 2 rings (SSSR count). The lowest BCUT2D eigenvalue weighted by atomic mass is 10.2. The topological polar surface area (TPSA) is 67.4 Å². The van der Waals surface area contributed by atoms with Crippen LogP contribution in [-0.2, 0) is 4.74 Å². The van der Waals surface area contributed by atoms with Gasteiger partial charge < -0.3 is 15.4 Å². The van der Waals surface area contributed by atoms with Gasteiger partial charge in [-0.1, -0.05) is 12.1 Å². The van der Waals surface area contributed by atoms with Crippen molar-refractivity contribution >= 4 is 23.4 Å². The van der Waals surface area contributed by atoms with Gasteiger partial charge >= 0.3 is 12.0 Å². The summed E-state index contributed by atoms with van der Waals surface area (Å²) in [6, 6.07) is 11.3. The zero-order valence-corrected chi connectivity index (χ0v) is 11.2. The molecule has 21 heavy (non-hydrogen) atoms. The summed E-state index contributed by atoms with van der Waals surface area (Å²) in [4.78, 5) is 23.2. The van der Waals surface area contributed by atoms with Gasteiger partial charge in [-0.05, 0) is 36.4 Å². The van der Waals surface area contributed by atoms with Crippen molar-refractivity contribution in [2.45, 2.75) is 0 Å². The molecule has 0 spiro atoms. The van der Waals surface area contributed by atoms with Gasteiger partial charge in [-0.3, -0.25) is 0 Å². The molecule has 2 aromatic carbocycles. The van der Waals surface area contributed by atoms with Crippen molar-refractivity contribution in [3.8, 4) is 0 Å². The Morgan fingerprint density at radius 1 is 1.00 bits per heavy atom. The van der Waals surface area contributed by atoms with Crippen LogP contribution >= 0.6 is 0 Å². The van der Waals surface area contributed by atoms with E-state index in [2.05, 4.69) is 15.4 Å². The van der Waals surface area contributed by atoms with E-state index in [4.69, 9.17) is 0 Å². The van der Waals surface area contributed by atoms with E-state index < -0.39 is 17.8 Å². The van der Waals surface area contributed by atoms with Crippen LogP contribution in [-0.4, -0.2) is 19.1 Å². The highest BCUT2D eigenvalue weighted by atomic mass is 19.1. The molecule has 0 heterocycles. The Bertz CT molecular complexity index is 673. The second-order valence-corrected chi connectivity index (χ2v) is 4.16. The molecule has 0 radical (unpaired) electrons. The van der Waals surface area contributed by atoms with Crippen LogP contribution in [0.1, 0.15) is 10.4 Å². The number of ether oxygens (including phenoxy) is 1. The molecule has 0 aliphatic heterocycles. The number of anilines is 2. The van der Waals surface area contributed by atoms with Crippen molar-refractivity contribution in [3.63, 3.8) is 0 Å². The summed E-state index contributed by atoms with van der Waals surface area (Å²) in [6.07, 6.45) is 0. The maximum atomic E-state index is 13.0. The fourth-order valence-corrected chi connectivity index (χ4v) is 1.70. The average Bonchev–Trinajstić information content (AvgIpc) is 2.46. The molecule has 0 saturated carbocycles. The summed E-state index contributed by atoms with van der Waals surface area (Å²) in [6.45, 7) is 0. The third-order valence-corrected chi connectivity index (χ3v) is 2.62. The number of hydrogen-bond acceptors (Lipinski definition) is 3. The lowest BCUT2D eigenvalue weighted by Gasteiger charge is -2.08. The SMILES string of the molecule is COC(=O)c1cccc(NC(=O)Nc2cccc(F)c2)c1. The van der Waals surface area contributed by atoms with E-state index in [-0.39, 0.29) is 0 Å². The number of benzene rings is 2. The van der Waals surface area contributed by atoms with Crippen LogP contribution in [0, 0.1) is 5.82 Å². The second-order valence-electron chi connectivity index (χ2n) is 4.16. The lowest BCUT2D eigenvalue weighted by Crippen LogP contribution is -2.19. The van der Waals surface area contributed by atoms with Crippen molar-refractivity contribution in [3.05, 3.63) is 59.9 Å². The van der Waals surface area contributed by atoms with Crippen LogP contribution in [0.25, 0.3) is 0 Å². The Morgan fingerprint density at radius 2 is 1.62 bits per heavy atom. The zero-order chi connectivity index (χ0) is 15.2. The largest absolute Gasteiger partial charge is 0.465 e. The molecule has 2 amide bonds. The molecule has 0 aliphatic rings. The van der Waals surface area contributed by atoms with Crippen molar-refractivity contribution in [2.75, 3.05) is 17.7 Å². The Hall–Kier alpha value is -2.89. The molecule has 108 valence electrons. The molecular weight excluding hydrogens is 275 g/mol. The minimum absolute atomic E-state index is 0.320. The van der Waals surface area contributed by atoms with Crippen molar-refractivity contribution in [1.29, 1.82) is 0 Å². The molecule has 0 aromatic heterocycles. The Morgan fingerprint density at radius 3 is 2.24 bits per heavy atom. The predicted octanol–water partition coefficient (Wildman–Crippen LogP) is 3.26. The number of nitrogens with one attached hydrogen (secondary N) is 2. The zero-order valence-electron chi connectivity index (χ0n) is 11.2. The molecular formula is C15H13FN2O3. The van der Waals surface area contributed by atoms with Gasteiger partial charge in [0.15, 0.2) is 0 Å². The summed E-state index contributed by atoms with van der Waals surface area (Å²) in [7, 11) is 1.28. The third-order valence-electron chi connectivity index (χ3n) is 2.62. The summed E-state index contributed by atoms with van der Waals surface area (Å²) >= 11 is 0. The maximum Gasteiger partial charge on any atom is 0.337 e. The summed E-state index contributed by atoms with van der Waals surface area (Å²) in [5.41, 5.74) is 1.07. The Kier molecular flexibility index (Phi) is 4.50. The monoisotopic (exact) mass is 288 g/mol. The van der Waals surface area contributed by atoms with Crippen LogP contribution in [0.2, 0.25) is 0 Å². The van der Waals surface area contributed by atoms with Gasteiger partial charge in [0, 0.05) is 11.4 Å².